The van der Waals surface area contributed by atoms with Crippen molar-refractivity contribution in [2.24, 2.45) is 0 Å². The second-order valence-electron chi connectivity index (χ2n) is 8.93. The second kappa shape index (κ2) is 11.6. The molecular weight excluding hydrogens is 462 g/mol. The molecule has 3 heterocycles. The number of thioether (sulfide) groups is 1. The number of piperazine rings is 1. The molecule has 9 heteroatoms. The number of carbonyl (C=O) groups excluding carboxylic acids is 2. The Kier molecular flexibility index (Phi) is 8.28. The summed E-state index contributed by atoms with van der Waals surface area (Å²) in [5.41, 5.74) is 2.02. The zero-order chi connectivity index (χ0) is 24.8. The van der Waals surface area contributed by atoms with Crippen LogP contribution in [0, 0.1) is 6.92 Å². The van der Waals surface area contributed by atoms with Crippen LogP contribution in [-0.2, 0) is 9.59 Å². The topological polar surface area (TPSA) is 84.5 Å². The first kappa shape index (κ1) is 25.0. The van der Waals surface area contributed by atoms with Crippen molar-refractivity contribution in [3.8, 4) is 17.3 Å². The molecule has 0 bridgehead atoms. The van der Waals surface area contributed by atoms with Crippen LogP contribution >= 0.6 is 11.8 Å². The van der Waals surface area contributed by atoms with Gasteiger partial charge in [0.25, 0.3) is 0 Å². The van der Waals surface area contributed by atoms with Crippen molar-refractivity contribution in [1.82, 2.24) is 24.6 Å². The molecule has 35 heavy (non-hydrogen) atoms. The van der Waals surface area contributed by atoms with E-state index in [1.807, 2.05) is 64.6 Å². The quantitative estimate of drug-likeness (QED) is 0.319. The molecular formula is C26H33N5O3S. The van der Waals surface area contributed by atoms with Crippen LogP contribution in [0.5, 0.6) is 0 Å². The van der Waals surface area contributed by atoms with E-state index < -0.39 is 0 Å². The lowest BCUT2D eigenvalue weighted by atomic mass is 10.1. The Bertz CT molecular complexity index is 1140. The molecule has 1 saturated heterocycles. The van der Waals surface area contributed by atoms with Crippen LogP contribution in [0.3, 0.4) is 0 Å². The highest BCUT2D eigenvalue weighted by Crippen LogP contribution is 2.30. The van der Waals surface area contributed by atoms with Gasteiger partial charge in [-0.2, -0.15) is 0 Å². The third kappa shape index (κ3) is 5.78. The van der Waals surface area contributed by atoms with Gasteiger partial charge in [-0.05, 0) is 44.0 Å². The Morgan fingerprint density at radius 1 is 1.09 bits per heavy atom. The number of para-hydroxylation sites is 1. The van der Waals surface area contributed by atoms with E-state index >= 15 is 0 Å². The van der Waals surface area contributed by atoms with Gasteiger partial charge >= 0.3 is 0 Å². The number of amides is 2. The monoisotopic (exact) mass is 495 g/mol. The Hall–Kier alpha value is -3.07. The first-order valence-corrected chi connectivity index (χ1v) is 13.2. The number of rotatable bonds is 9. The van der Waals surface area contributed by atoms with Crippen molar-refractivity contribution in [1.29, 1.82) is 0 Å². The molecule has 1 atom stereocenters. The predicted molar refractivity (Wildman–Crippen MR) is 136 cm³/mol. The van der Waals surface area contributed by atoms with Crippen LogP contribution in [-0.4, -0.2) is 67.8 Å². The molecule has 1 fully saturated rings. The largest absolute Gasteiger partial charge is 0.461 e. The Labute approximate surface area is 210 Å². The Morgan fingerprint density at radius 2 is 1.91 bits per heavy atom. The van der Waals surface area contributed by atoms with Gasteiger partial charge in [-0.1, -0.05) is 49.7 Å². The molecule has 1 aliphatic heterocycles. The lowest BCUT2D eigenvalue weighted by Gasteiger charge is -2.40. The average Bonchev–Trinajstić information content (AvgIpc) is 3.53. The fraction of sp³-hybridized carbons (Fsp3) is 0.462. The van der Waals surface area contributed by atoms with E-state index in [4.69, 9.17) is 4.42 Å². The van der Waals surface area contributed by atoms with Gasteiger partial charge in [-0.15, -0.1) is 10.2 Å². The Morgan fingerprint density at radius 3 is 2.63 bits per heavy atom. The van der Waals surface area contributed by atoms with E-state index in [-0.39, 0.29) is 23.6 Å². The van der Waals surface area contributed by atoms with Gasteiger partial charge in [0, 0.05) is 32.1 Å². The van der Waals surface area contributed by atoms with E-state index in [1.54, 1.807) is 6.26 Å². The summed E-state index contributed by atoms with van der Waals surface area (Å²) in [5, 5.41) is 9.39. The highest BCUT2D eigenvalue weighted by molar-refractivity contribution is 7.99. The summed E-state index contributed by atoms with van der Waals surface area (Å²) in [5.74, 6) is 1.71. The van der Waals surface area contributed by atoms with E-state index in [9.17, 15) is 9.59 Å². The number of aromatic nitrogens is 3. The SMILES string of the molecule is CCCCCC(=O)N1CCN(C(=O)CSc2nnc(-c3ccco3)n2-c2ccccc2C)CC1C. The molecule has 0 radical (unpaired) electrons. The third-order valence-electron chi connectivity index (χ3n) is 6.35. The minimum atomic E-state index is 0.0213. The van der Waals surface area contributed by atoms with Crippen molar-refractivity contribution in [2.75, 3.05) is 25.4 Å². The number of nitrogens with zero attached hydrogens (tertiary/aromatic N) is 5. The van der Waals surface area contributed by atoms with E-state index in [0.29, 0.717) is 42.8 Å². The Balaban J connectivity index is 1.43. The smallest absolute Gasteiger partial charge is 0.233 e. The molecule has 3 aromatic rings. The first-order chi connectivity index (χ1) is 17.0. The molecule has 0 aliphatic carbocycles. The molecule has 1 unspecified atom stereocenters. The average molecular weight is 496 g/mol. The number of benzene rings is 1. The molecule has 0 spiro atoms. The maximum Gasteiger partial charge on any atom is 0.233 e. The molecule has 8 nitrogen and oxygen atoms in total. The fourth-order valence-electron chi connectivity index (χ4n) is 4.40. The van der Waals surface area contributed by atoms with Crippen molar-refractivity contribution in [3.63, 3.8) is 0 Å². The van der Waals surface area contributed by atoms with Crippen LogP contribution in [0.4, 0.5) is 0 Å². The molecule has 2 amide bonds. The van der Waals surface area contributed by atoms with Crippen LogP contribution in [0.2, 0.25) is 0 Å². The zero-order valence-electron chi connectivity index (χ0n) is 20.6. The predicted octanol–water partition coefficient (Wildman–Crippen LogP) is 4.57. The van der Waals surface area contributed by atoms with E-state index in [1.165, 1.54) is 11.8 Å². The summed E-state index contributed by atoms with van der Waals surface area (Å²) >= 11 is 1.37. The standard InChI is InChI=1S/C26H33N5O3S/c1-4-5-6-13-23(32)30-15-14-29(17-20(30)3)24(33)18-35-26-28-27-25(22-12-9-16-34-22)31(26)21-11-8-7-10-19(21)2/h7-12,16,20H,4-6,13-15,17-18H2,1-3H3. The summed E-state index contributed by atoms with van der Waals surface area (Å²) in [7, 11) is 0. The molecule has 186 valence electrons. The summed E-state index contributed by atoms with van der Waals surface area (Å²) in [6, 6.07) is 11.7. The third-order valence-corrected chi connectivity index (χ3v) is 7.26. The van der Waals surface area contributed by atoms with Crippen LogP contribution in [0.25, 0.3) is 17.3 Å². The first-order valence-electron chi connectivity index (χ1n) is 12.2. The summed E-state index contributed by atoms with van der Waals surface area (Å²) in [6.45, 7) is 7.90. The van der Waals surface area contributed by atoms with Gasteiger partial charge in [-0.3, -0.25) is 14.2 Å². The number of unbranched alkanes of at least 4 members (excludes halogenated alkanes) is 2. The van der Waals surface area contributed by atoms with Crippen molar-refractivity contribution < 1.29 is 14.0 Å². The number of hydrogen-bond donors (Lipinski definition) is 0. The number of hydrogen-bond acceptors (Lipinski definition) is 6. The molecule has 2 aromatic heterocycles. The van der Waals surface area contributed by atoms with Crippen LogP contribution in [0.1, 0.15) is 45.1 Å². The summed E-state index contributed by atoms with van der Waals surface area (Å²) in [6.07, 6.45) is 5.31. The molecule has 0 saturated carbocycles. The number of furan rings is 1. The zero-order valence-corrected chi connectivity index (χ0v) is 21.5. The van der Waals surface area contributed by atoms with Gasteiger partial charge < -0.3 is 14.2 Å². The minimum Gasteiger partial charge on any atom is -0.461 e. The highest BCUT2D eigenvalue weighted by Gasteiger charge is 2.30. The normalized spacial score (nSPS) is 16.0. The second-order valence-corrected chi connectivity index (χ2v) is 9.87. The summed E-state index contributed by atoms with van der Waals surface area (Å²) < 4.78 is 7.53. The van der Waals surface area contributed by atoms with Crippen LogP contribution in [0.15, 0.2) is 52.2 Å². The van der Waals surface area contributed by atoms with Crippen molar-refractivity contribution in [2.45, 2.75) is 57.7 Å². The number of carbonyl (C=O) groups is 2. The van der Waals surface area contributed by atoms with Crippen molar-refractivity contribution >= 4 is 23.6 Å². The molecule has 4 rings (SSSR count). The van der Waals surface area contributed by atoms with Crippen LogP contribution < -0.4 is 0 Å². The van der Waals surface area contributed by atoms with Crippen molar-refractivity contribution in [3.05, 3.63) is 48.2 Å². The minimum absolute atomic E-state index is 0.0213. The van der Waals surface area contributed by atoms with E-state index in [0.717, 1.165) is 30.5 Å². The number of aryl methyl sites for hydroxylation is 1. The van der Waals surface area contributed by atoms with Gasteiger partial charge in [0.2, 0.25) is 17.6 Å². The molecule has 1 aliphatic rings. The lowest BCUT2D eigenvalue weighted by Crippen LogP contribution is -2.55. The lowest BCUT2D eigenvalue weighted by molar-refractivity contribution is -0.141. The van der Waals surface area contributed by atoms with E-state index in [2.05, 4.69) is 17.1 Å². The molecule has 1 aromatic carbocycles. The maximum atomic E-state index is 13.1. The maximum absolute atomic E-state index is 13.1. The molecule has 0 N–H and O–H groups in total. The van der Waals surface area contributed by atoms with Gasteiger partial charge in [0.1, 0.15) is 0 Å². The highest BCUT2D eigenvalue weighted by atomic mass is 32.2. The van der Waals surface area contributed by atoms with Gasteiger partial charge in [-0.25, -0.2) is 0 Å². The van der Waals surface area contributed by atoms with Gasteiger partial charge in [0.15, 0.2) is 10.9 Å². The van der Waals surface area contributed by atoms with Gasteiger partial charge in [0.05, 0.1) is 17.7 Å². The summed E-state index contributed by atoms with van der Waals surface area (Å²) in [4.78, 5) is 29.4. The fourth-order valence-corrected chi connectivity index (χ4v) is 5.25.